The third kappa shape index (κ3) is 4.41. The quantitative estimate of drug-likeness (QED) is 0.490. The summed E-state index contributed by atoms with van der Waals surface area (Å²) in [5.41, 5.74) is 9.80. The molecule has 3 rings (SSSR count). The van der Waals surface area contributed by atoms with Crippen LogP contribution in [-0.2, 0) is 4.79 Å². The van der Waals surface area contributed by atoms with Gasteiger partial charge in [0.2, 0.25) is 5.95 Å². The van der Waals surface area contributed by atoms with Gasteiger partial charge in [-0.3, -0.25) is 14.8 Å². The molecule has 0 aliphatic heterocycles. The lowest BCUT2D eigenvalue weighted by Gasteiger charge is -2.18. The van der Waals surface area contributed by atoms with Crippen molar-refractivity contribution in [1.82, 2.24) is 19.9 Å². The maximum absolute atomic E-state index is 11.9. The molecule has 0 spiro atoms. The number of carbonyl (C=O) groups excluding carboxylic acids is 1. The second-order valence-corrected chi connectivity index (χ2v) is 6.83. The normalized spacial score (nSPS) is 11.4. The van der Waals surface area contributed by atoms with Crippen LogP contribution >= 0.6 is 11.6 Å². The van der Waals surface area contributed by atoms with Crippen LogP contribution in [0.15, 0.2) is 36.8 Å². The molecule has 0 aliphatic rings. The van der Waals surface area contributed by atoms with E-state index < -0.39 is 0 Å². The molecule has 2 heterocycles. The molecule has 7 nitrogen and oxygen atoms in total. The summed E-state index contributed by atoms with van der Waals surface area (Å²) in [7, 11) is 1.89. The summed E-state index contributed by atoms with van der Waals surface area (Å²) in [6.07, 6.45) is 7.34. The second-order valence-electron chi connectivity index (χ2n) is 6.42. The fraction of sp³-hybridized carbons (Fsp3) is 0.190. The first kappa shape index (κ1) is 20.4. The summed E-state index contributed by atoms with van der Waals surface area (Å²) in [5.74, 6) is 0.814. The monoisotopic (exact) mass is 408 g/mol. The number of aldehydes is 1. The van der Waals surface area contributed by atoms with Crippen LogP contribution in [0, 0.1) is 6.92 Å². The van der Waals surface area contributed by atoms with E-state index in [9.17, 15) is 4.79 Å². The number of nitrogen functional groups attached to an aromatic ring is 1. The predicted octanol–water partition coefficient (Wildman–Crippen LogP) is 3.67. The maximum Gasteiger partial charge on any atom is 0.221 e. The molecular formula is C21H21ClN6O. The highest BCUT2D eigenvalue weighted by atomic mass is 35.5. The fourth-order valence-corrected chi connectivity index (χ4v) is 3.17. The van der Waals surface area contributed by atoms with Gasteiger partial charge in [0, 0.05) is 59.5 Å². The highest BCUT2D eigenvalue weighted by Crippen LogP contribution is 2.31. The van der Waals surface area contributed by atoms with Crippen LogP contribution < -0.4 is 10.6 Å². The van der Waals surface area contributed by atoms with Gasteiger partial charge in [0.15, 0.2) is 6.29 Å². The van der Waals surface area contributed by atoms with E-state index in [0.29, 0.717) is 27.5 Å². The number of nitrogens with zero attached hydrogens (tertiary/aromatic N) is 5. The fourth-order valence-electron chi connectivity index (χ4n) is 2.88. The van der Waals surface area contributed by atoms with E-state index in [-0.39, 0.29) is 5.95 Å². The van der Waals surface area contributed by atoms with Crippen molar-refractivity contribution in [2.75, 3.05) is 24.2 Å². The van der Waals surface area contributed by atoms with E-state index in [2.05, 4.69) is 19.9 Å². The molecule has 0 radical (unpaired) electrons. The third-order valence-electron chi connectivity index (χ3n) is 4.52. The van der Waals surface area contributed by atoms with Gasteiger partial charge in [-0.15, -0.1) is 0 Å². The minimum Gasteiger partial charge on any atom is -0.368 e. The number of hydrogen-bond acceptors (Lipinski definition) is 7. The van der Waals surface area contributed by atoms with Gasteiger partial charge in [-0.25, -0.2) is 4.98 Å². The van der Waals surface area contributed by atoms with Crippen molar-refractivity contribution in [1.29, 1.82) is 0 Å². The first-order valence-electron chi connectivity index (χ1n) is 9.03. The Hall–Kier alpha value is -3.32. The molecule has 0 atom stereocenters. The zero-order chi connectivity index (χ0) is 21.0. The lowest BCUT2D eigenvalue weighted by atomic mass is 10.0. The highest BCUT2D eigenvalue weighted by molar-refractivity contribution is 6.34. The van der Waals surface area contributed by atoms with E-state index in [1.165, 1.54) is 0 Å². The Labute approximate surface area is 174 Å². The SMILES string of the molecule is CCN(C)c1nc(N)ncc1/C=C(\C=O)c1ccc(-c2nccnc2C)cc1Cl. The molecular weight excluding hydrogens is 388 g/mol. The van der Waals surface area contributed by atoms with Gasteiger partial charge in [-0.2, -0.15) is 4.98 Å². The van der Waals surface area contributed by atoms with E-state index in [4.69, 9.17) is 17.3 Å². The van der Waals surface area contributed by atoms with Gasteiger partial charge in [0.05, 0.1) is 11.4 Å². The van der Waals surface area contributed by atoms with Crippen molar-refractivity contribution in [3.8, 4) is 11.3 Å². The highest BCUT2D eigenvalue weighted by Gasteiger charge is 2.13. The molecule has 0 amide bonds. The second kappa shape index (κ2) is 8.79. The van der Waals surface area contributed by atoms with Gasteiger partial charge in [-0.1, -0.05) is 23.7 Å². The minimum atomic E-state index is 0.173. The van der Waals surface area contributed by atoms with E-state index >= 15 is 0 Å². The number of aryl methyl sites for hydroxylation is 1. The summed E-state index contributed by atoms with van der Waals surface area (Å²) < 4.78 is 0. The predicted molar refractivity (Wildman–Crippen MR) is 117 cm³/mol. The van der Waals surface area contributed by atoms with Crippen molar-refractivity contribution < 1.29 is 4.79 Å². The zero-order valence-corrected chi connectivity index (χ0v) is 17.2. The number of rotatable bonds is 6. The number of nitrogens with two attached hydrogens (primary N) is 1. The molecule has 0 saturated carbocycles. The molecule has 8 heteroatoms. The molecule has 0 bridgehead atoms. The molecule has 148 valence electrons. The Morgan fingerprint density at radius 3 is 2.66 bits per heavy atom. The molecule has 0 unspecified atom stereocenters. The lowest BCUT2D eigenvalue weighted by molar-refractivity contribution is -0.103. The molecule has 3 aromatic rings. The number of carbonyl (C=O) groups is 1. The number of benzene rings is 1. The lowest BCUT2D eigenvalue weighted by Crippen LogP contribution is -2.19. The molecule has 29 heavy (non-hydrogen) atoms. The number of allylic oxidation sites excluding steroid dienone is 1. The zero-order valence-electron chi connectivity index (χ0n) is 16.4. The number of halogens is 1. The summed E-state index contributed by atoms with van der Waals surface area (Å²) >= 11 is 6.52. The molecule has 2 N–H and O–H groups in total. The molecule has 0 fully saturated rings. The van der Waals surface area contributed by atoms with Gasteiger partial charge in [0.1, 0.15) is 5.82 Å². The smallest absolute Gasteiger partial charge is 0.221 e. The van der Waals surface area contributed by atoms with Crippen molar-refractivity contribution >= 4 is 41.3 Å². The Kier molecular flexibility index (Phi) is 6.19. The standard InChI is InChI=1S/C21H21ClN6O/c1-4-28(3)20-15(11-26-21(23)27-20)9-16(12-29)17-6-5-14(10-18(17)22)19-13(2)24-7-8-25-19/h5-12H,4H2,1-3H3,(H2,23,26,27)/b16-9+. The van der Waals surface area contributed by atoms with E-state index in [1.807, 2.05) is 31.9 Å². The average Bonchev–Trinajstić information content (AvgIpc) is 2.73. The summed E-state index contributed by atoms with van der Waals surface area (Å²) in [5, 5.41) is 0.438. The first-order chi connectivity index (χ1) is 13.9. The summed E-state index contributed by atoms with van der Waals surface area (Å²) in [4.78, 5) is 30.7. The van der Waals surface area contributed by atoms with Crippen LogP contribution in [0.5, 0.6) is 0 Å². The topological polar surface area (TPSA) is 97.9 Å². The molecule has 0 saturated heterocycles. The van der Waals surface area contributed by atoms with Crippen molar-refractivity contribution in [2.45, 2.75) is 13.8 Å². The Morgan fingerprint density at radius 1 is 1.24 bits per heavy atom. The third-order valence-corrected chi connectivity index (χ3v) is 4.84. The van der Waals surface area contributed by atoms with Crippen molar-refractivity contribution in [3.05, 3.63) is 58.6 Å². The van der Waals surface area contributed by atoms with Crippen LogP contribution in [0.4, 0.5) is 11.8 Å². The van der Waals surface area contributed by atoms with Crippen molar-refractivity contribution in [3.63, 3.8) is 0 Å². The van der Waals surface area contributed by atoms with Crippen LogP contribution in [0.1, 0.15) is 23.7 Å². The summed E-state index contributed by atoms with van der Waals surface area (Å²) in [6, 6.07) is 5.45. The van der Waals surface area contributed by atoms with E-state index in [1.54, 1.807) is 36.8 Å². The van der Waals surface area contributed by atoms with Gasteiger partial charge < -0.3 is 10.6 Å². The Bertz CT molecular complexity index is 1080. The van der Waals surface area contributed by atoms with Crippen LogP contribution in [0.25, 0.3) is 22.9 Å². The Morgan fingerprint density at radius 2 is 2.00 bits per heavy atom. The molecule has 2 aromatic heterocycles. The molecule has 0 aliphatic carbocycles. The maximum atomic E-state index is 11.9. The number of anilines is 2. The van der Waals surface area contributed by atoms with Gasteiger partial charge in [-0.05, 0) is 26.0 Å². The van der Waals surface area contributed by atoms with Crippen LogP contribution in [-0.4, -0.2) is 39.8 Å². The average molecular weight is 409 g/mol. The van der Waals surface area contributed by atoms with Crippen LogP contribution in [0.3, 0.4) is 0 Å². The number of hydrogen-bond donors (Lipinski definition) is 1. The largest absolute Gasteiger partial charge is 0.368 e. The minimum absolute atomic E-state index is 0.173. The van der Waals surface area contributed by atoms with Gasteiger partial charge in [0.25, 0.3) is 0 Å². The first-order valence-corrected chi connectivity index (χ1v) is 9.40. The Balaban J connectivity index is 2.06. The summed E-state index contributed by atoms with van der Waals surface area (Å²) in [6.45, 7) is 4.60. The molecule has 1 aromatic carbocycles. The van der Waals surface area contributed by atoms with Crippen LogP contribution in [0.2, 0.25) is 5.02 Å². The van der Waals surface area contributed by atoms with E-state index in [0.717, 1.165) is 29.8 Å². The van der Waals surface area contributed by atoms with Gasteiger partial charge >= 0.3 is 0 Å². The number of aromatic nitrogens is 4. The van der Waals surface area contributed by atoms with Crippen molar-refractivity contribution in [2.24, 2.45) is 0 Å².